The molecule has 7 nitrogen and oxygen atoms in total. The number of fused-ring (bicyclic) bond motifs is 2. The third-order valence-electron chi connectivity index (χ3n) is 4.84. The van der Waals surface area contributed by atoms with Crippen molar-refractivity contribution in [1.29, 1.82) is 0 Å². The predicted octanol–water partition coefficient (Wildman–Crippen LogP) is 3.98. The summed E-state index contributed by atoms with van der Waals surface area (Å²) in [7, 11) is 0. The Morgan fingerprint density at radius 1 is 1.25 bits per heavy atom. The summed E-state index contributed by atoms with van der Waals surface area (Å²) in [5.41, 5.74) is 4.02. The van der Waals surface area contributed by atoms with Crippen LogP contribution in [0.5, 0.6) is 0 Å². The predicted molar refractivity (Wildman–Crippen MR) is 102 cm³/mol. The molecule has 1 N–H and O–H groups in total. The van der Waals surface area contributed by atoms with Crippen LogP contribution in [0.2, 0.25) is 5.15 Å². The molecule has 4 aromatic heterocycles. The van der Waals surface area contributed by atoms with Crippen LogP contribution in [-0.2, 0) is 17.9 Å². The van der Waals surface area contributed by atoms with E-state index in [-0.39, 0.29) is 5.60 Å². The minimum atomic E-state index is -0.400. The van der Waals surface area contributed by atoms with Crippen LogP contribution < -0.4 is 0 Å². The zero-order valence-electron chi connectivity index (χ0n) is 15.2. The van der Waals surface area contributed by atoms with Crippen LogP contribution in [-0.4, -0.2) is 35.5 Å². The van der Waals surface area contributed by atoms with E-state index in [9.17, 15) is 4.39 Å². The van der Waals surface area contributed by atoms with Crippen LogP contribution in [0.1, 0.15) is 19.5 Å². The second-order valence-corrected chi connectivity index (χ2v) is 7.69. The van der Waals surface area contributed by atoms with Crippen molar-refractivity contribution in [2.45, 2.75) is 32.6 Å². The first-order valence-corrected chi connectivity index (χ1v) is 9.15. The lowest BCUT2D eigenvalue weighted by atomic mass is 9.98. The fourth-order valence-corrected chi connectivity index (χ4v) is 3.78. The molecule has 0 unspecified atom stereocenters. The van der Waals surface area contributed by atoms with Crippen LogP contribution in [0.4, 0.5) is 4.39 Å². The van der Waals surface area contributed by atoms with Crippen molar-refractivity contribution in [1.82, 2.24) is 29.9 Å². The molecule has 0 amide bonds. The minimum absolute atomic E-state index is 0.327. The van der Waals surface area contributed by atoms with Crippen LogP contribution in [0.3, 0.4) is 0 Å². The molecule has 0 saturated carbocycles. The Morgan fingerprint density at radius 3 is 2.89 bits per heavy atom. The van der Waals surface area contributed by atoms with Crippen LogP contribution in [0, 0.1) is 5.82 Å². The second-order valence-electron chi connectivity index (χ2n) is 7.33. The molecule has 5 rings (SSSR count). The average Bonchev–Trinajstić information content (AvgIpc) is 3.22. The molecule has 4 aromatic rings. The van der Waals surface area contributed by atoms with Crippen molar-refractivity contribution < 1.29 is 9.13 Å². The highest BCUT2D eigenvalue weighted by molar-refractivity contribution is 6.35. The zero-order valence-corrected chi connectivity index (χ0v) is 16.0. The number of hydrogen-bond acceptors (Lipinski definition) is 5. The summed E-state index contributed by atoms with van der Waals surface area (Å²) in [6.45, 7) is 5.01. The normalized spacial score (nSPS) is 15.7. The lowest BCUT2D eigenvalue weighted by Gasteiger charge is -2.31. The first-order chi connectivity index (χ1) is 13.4. The van der Waals surface area contributed by atoms with E-state index in [1.807, 2.05) is 24.6 Å². The highest BCUT2D eigenvalue weighted by Crippen LogP contribution is 2.41. The molecule has 9 heteroatoms. The topological polar surface area (TPSA) is 81.5 Å². The van der Waals surface area contributed by atoms with Crippen LogP contribution in [0.15, 0.2) is 30.6 Å². The molecule has 0 aliphatic carbocycles. The van der Waals surface area contributed by atoms with Crippen molar-refractivity contribution in [3.05, 3.63) is 47.3 Å². The lowest BCUT2D eigenvalue weighted by Crippen LogP contribution is -2.36. The smallest absolute Gasteiger partial charge is 0.160 e. The van der Waals surface area contributed by atoms with Gasteiger partial charge in [-0.3, -0.25) is 14.8 Å². The number of pyridine rings is 2. The molecule has 0 fully saturated rings. The number of ether oxygens (including phenoxy) is 1. The number of aromatic nitrogens is 6. The van der Waals surface area contributed by atoms with Gasteiger partial charge in [0.05, 0.1) is 41.7 Å². The van der Waals surface area contributed by atoms with Gasteiger partial charge in [0.25, 0.3) is 0 Å². The highest BCUT2D eigenvalue weighted by atomic mass is 35.5. The minimum Gasteiger partial charge on any atom is -0.367 e. The number of hydrogen-bond donors (Lipinski definition) is 1. The number of aromatic amines is 1. The second kappa shape index (κ2) is 6.08. The summed E-state index contributed by atoms with van der Waals surface area (Å²) in [6, 6.07) is 4.86. The summed E-state index contributed by atoms with van der Waals surface area (Å²) in [6.07, 6.45) is 2.87. The van der Waals surface area contributed by atoms with Gasteiger partial charge in [-0.25, -0.2) is 9.37 Å². The number of nitrogens with one attached hydrogen (secondary N) is 1. The summed E-state index contributed by atoms with van der Waals surface area (Å²) in [5, 5.41) is 12.7. The van der Waals surface area contributed by atoms with E-state index in [1.54, 1.807) is 12.3 Å². The Hall–Kier alpha value is -2.84. The summed E-state index contributed by atoms with van der Waals surface area (Å²) in [4.78, 5) is 8.54. The number of H-pyrrole nitrogens is 1. The Labute approximate surface area is 164 Å². The Morgan fingerprint density at radius 2 is 2.11 bits per heavy atom. The molecular formula is C19H16ClFN6O. The Kier molecular flexibility index (Phi) is 3.75. The SMILES string of the molecule is CC1(C)Cn2nc(-c3ccc(F)cn3)c(-c3ccnc4[nH]nc(Cl)c34)c2CO1. The van der Waals surface area contributed by atoms with Crippen LogP contribution in [0.25, 0.3) is 33.5 Å². The van der Waals surface area contributed by atoms with E-state index in [0.717, 1.165) is 16.8 Å². The van der Waals surface area contributed by atoms with Gasteiger partial charge in [-0.15, -0.1) is 0 Å². The maximum atomic E-state index is 13.4. The van der Waals surface area contributed by atoms with Crippen molar-refractivity contribution in [2.75, 3.05) is 0 Å². The molecule has 0 spiro atoms. The third-order valence-corrected chi connectivity index (χ3v) is 5.12. The largest absolute Gasteiger partial charge is 0.367 e. The van der Waals surface area contributed by atoms with Gasteiger partial charge in [-0.2, -0.15) is 10.2 Å². The number of halogens is 2. The van der Waals surface area contributed by atoms with Gasteiger partial charge < -0.3 is 4.74 Å². The van der Waals surface area contributed by atoms with Gasteiger partial charge in [-0.1, -0.05) is 11.6 Å². The first-order valence-electron chi connectivity index (χ1n) is 8.77. The van der Waals surface area contributed by atoms with Gasteiger partial charge in [0.15, 0.2) is 10.8 Å². The van der Waals surface area contributed by atoms with E-state index >= 15 is 0 Å². The zero-order chi connectivity index (χ0) is 19.5. The van der Waals surface area contributed by atoms with Crippen molar-refractivity contribution in [2.24, 2.45) is 0 Å². The quantitative estimate of drug-likeness (QED) is 0.552. The molecule has 142 valence electrons. The molecule has 0 radical (unpaired) electrons. The Bertz CT molecular complexity index is 1200. The summed E-state index contributed by atoms with van der Waals surface area (Å²) >= 11 is 6.34. The molecule has 1 aliphatic rings. The van der Waals surface area contributed by atoms with Crippen LogP contribution >= 0.6 is 11.6 Å². The lowest BCUT2D eigenvalue weighted by molar-refractivity contribution is -0.0657. The standard InChI is InChI=1S/C19H16ClFN6O/c1-19(2)9-27-13(8-28-19)14(16(26-27)12-4-3-10(21)7-23-12)11-5-6-22-18-15(11)17(20)24-25-18/h3-7H,8-9H2,1-2H3,(H,22,24,25). The maximum Gasteiger partial charge on any atom is 0.160 e. The number of nitrogens with zero attached hydrogens (tertiary/aromatic N) is 5. The van der Waals surface area contributed by atoms with Gasteiger partial charge in [-0.05, 0) is 32.0 Å². The Balaban J connectivity index is 1.82. The fourth-order valence-electron chi connectivity index (χ4n) is 3.54. The highest BCUT2D eigenvalue weighted by Gasteiger charge is 2.32. The van der Waals surface area contributed by atoms with Gasteiger partial charge in [0.1, 0.15) is 11.5 Å². The van der Waals surface area contributed by atoms with E-state index in [4.69, 9.17) is 21.4 Å². The summed E-state index contributed by atoms with van der Waals surface area (Å²) in [5.74, 6) is -0.400. The molecule has 0 atom stereocenters. The summed E-state index contributed by atoms with van der Waals surface area (Å²) < 4.78 is 21.4. The van der Waals surface area contributed by atoms with Gasteiger partial charge in [0.2, 0.25) is 0 Å². The van der Waals surface area contributed by atoms with Crippen molar-refractivity contribution in [3.63, 3.8) is 0 Å². The van der Waals surface area contributed by atoms with E-state index in [1.165, 1.54) is 12.3 Å². The molecular weight excluding hydrogens is 383 g/mol. The monoisotopic (exact) mass is 398 g/mol. The van der Waals surface area contributed by atoms with Crippen molar-refractivity contribution in [3.8, 4) is 22.5 Å². The van der Waals surface area contributed by atoms with Gasteiger partial charge in [0, 0.05) is 17.3 Å². The molecule has 5 heterocycles. The average molecular weight is 399 g/mol. The molecule has 0 aromatic carbocycles. The maximum absolute atomic E-state index is 13.4. The van der Waals surface area contributed by atoms with Gasteiger partial charge >= 0.3 is 0 Å². The molecule has 0 saturated heterocycles. The van der Waals surface area contributed by atoms with E-state index in [2.05, 4.69) is 20.2 Å². The first kappa shape index (κ1) is 17.3. The molecule has 28 heavy (non-hydrogen) atoms. The molecule has 1 aliphatic heterocycles. The van der Waals surface area contributed by atoms with Crippen molar-refractivity contribution >= 4 is 22.6 Å². The van der Waals surface area contributed by atoms with E-state index < -0.39 is 5.82 Å². The molecule has 0 bridgehead atoms. The fraction of sp³-hybridized carbons (Fsp3) is 0.263. The number of rotatable bonds is 2. The van der Waals surface area contributed by atoms with E-state index in [0.29, 0.717) is 40.7 Å². The third kappa shape index (κ3) is 2.68.